The van der Waals surface area contributed by atoms with Crippen LogP contribution in [0.2, 0.25) is 0 Å². The lowest BCUT2D eigenvalue weighted by Gasteiger charge is -2.37. The van der Waals surface area contributed by atoms with Crippen molar-refractivity contribution in [3.8, 4) is 0 Å². The molecule has 2 aromatic rings. The van der Waals surface area contributed by atoms with Crippen molar-refractivity contribution in [2.24, 2.45) is 0 Å². The highest BCUT2D eigenvalue weighted by molar-refractivity contribution is 5.96. The number of aryl methyl sites for hydroxylation is 1. The molecule has 2 amide bonds. The SMILES string of the molecule is Cc1cccc(F)c1N1NC2C(CC1=O)NNC2c1ccc(N2CCN(C)CC2=O)cc1. The second-order valence-electron chi connectivity index (χ2n) is 8.74. The summed E-state index contributed by atoms with van der Waals surface area (Å²) < 4.78 is 14.5. The first-order valence-corrected chi connectivity index (χ1v) is 10.9. The highest BCUT2D eigenvalue weighted by Gasteiger charge is 2.44. The molecule has 3 aliphatic heterocycles. The molecule has 32 heavy (non-hydrogen) atoms. The average Bonchev–Trinajstić information content (AvgIpc) is 3.16. The van der Waals surface area contributed by atoms with Crippen molar-refractivity contribution < 1.29 is 14.0 Å². The molecule has 9 heteroatoms. The maximum absolute atomic E-state index is 14.5. The minimum absolute atomic E-state index is 0.0931. The van der Waals surface area contributed by atoms with Crippen LogP contribution in [0.5, 0.6) is 0 Å². The lowest BCUT2D eigenvalue weighted by Crippen LogP contribution is -2.60. The molecule has 168 valence electrons. The van der Waals surface area contributed by atoms with Gasteiger partial charge in [-0.25, -0.2) is 20.3 Å². The summed E-state index contributed by atoms with van der Waals surface area (Å²) in [6.07, 6.45) is 0.253. The summed E-state index contributed by atoms with van der Waals surface area (Å²) in [5, 5.41) is 1.35. The average molecular weight is 439 g/mol. The van der Waals surface area contributed by atoms with Gasteiger partial charge in [0.1, 0.15) is 5.82 Å². The molecular formula is C23H27FN6O2. The predicted octanol–water partition coefficient (Wildman–Crippen LogP) is 1.24. The molecule has 0 bridgehead atoms. The summed E-state index contributed by atoms with van der Waals surface area (Å²) in [5.74, 6) is -0.519. The zero-order valence-corrected chi connectivity index (χ0v) is 18.1. The molecule has 0 spiro atoms. The molecule has 0 aliphatic carbocycles. The third-order valence-corrected chi connectivity index (χ3v) is 6.53. The van der Waals surface area contributed by atoms with Crippen molar-refractivity contribution >= 4 is 23.2 Å². The molecule has 2 aromatic carbocycles. The van der Waals surface area contributed by atoms with E-state index in [2.05, 4.69) is 16.3 Å². The minimum atomic E-state index is -0.430. The number of hydrogen-bond donors (Lipinski definition) is 3. The number of nitrogens with zero attached hydrogens (tertiary/aromatic N) is 3. The summed E-state index contributed by atoms with van der Waals surface area (Å²) >= 11 is 0. The Morgan fingerprint density at radius 1 is 1.00 bits per heavy atom. The highest BCUT2D eigenvalue weighted by atomic mass is 19.1. The van der Waals surface area contributed by atoms with Gasteiger partial charge in [-0.05, 0) is 43.3 Å². The maximum Gasteiger partial charge on any atom is 0.243 e. The van der Waals surface area contributed by atoms with Crippen molar-refractivity contribution in [2.45, 2.75) is 31.5 Å². The first-order valence-electron chi connectivity index (χ1n) is 10.9. The number of fused-ring (bicyclic) bond motifs is 1. The molecular weight excluding hydrogens is 411 g/mol. The molecule has 3 saturated heterocycles. The van der Waals surface area contributed by atoms with E-state index >= 15 is 0 Å². The van der Waals surface area contributed by atoms with E-state index in [9.17, 15) is 14.0 Å². The Kier molecular flexibility index (Phi) is 5.42. The van der Waals surface area contributed by atoms with Crippen LogP contribution in [0.3, 0.4) is 0 Å². The first-order chi connectivity index (χ1) is 15.4. The molecule has 0 radical (unpaired) electrons. The second-order valence-corrected chi connectivity index (χ2v) is 8.74. The zero-order valence-electron chi connectivity index (χ0n) is 18.1. The maximum atomic E-state index is 14.5. The molecule has 5 rings (SSSR count). The van der Waals surface area contributed by atoms with Gasteiger partial charge in [0.2, 0.25) is 11.8 Å². The van der Waals surface area contributed by atoms with Crippen LogP contribution in [0, 0.1) is 12.7 Å². The highest BCUT2D eigenvalue weighted by Crippen LogP contribution is 2.32. The van der Waals surface area contributed by atoms with E-state index in [-0.39, 0.29) is 42.0 Å². The van der Waals surface area contributed by atoms with Crippen molar-refractivity contribution in [3.05, 3.63) is 59.4 Å². The first kappa shape index (κ1) is 21.0. The fraction of sp³-hybridized carbons (Fsp3) is 0.391. The number of amides is 2. The number of nitrogens with one attached hydrogen (secondary N) is 3. The van der Waals surface area contributed by atoms with E-state index in [4.69, 9.17) is 0 Å². The molecule has 0 saturated carbocycles. The number of benzene rings is 2. The Morgan fingerprint density at radius 3 is 2.50 bits per heavy atom. The van der Waals surface area contributed by atoms with Gasteiger partial charge in [-0.2, -0.15) is 0 Å². The number of anilines is 2. The molecule has 3 fully saturated rings. The molecule has 3 N–H and O–H groups in total. The van der Waals surface area contributed by atoms with Crippen molar-refractivity contribution in [1.29, 1.82) is 0 Å². The van der Waals surface area contributed by atoms with Crippen LogP contribution in [0.4, 0.5) is 15.8 Å². The lowest BCUT2D eigenvalue weighted by atomic mass is 9.93. The van der Waals surface area contributed by atoms with E-state index in [0.717, 1.165) is 17.8 Å². The Hall–Kier alpha value is -2.85. The number of hydrazine groups is 2. The van der Waals surface area contributed by atoms with E-state index < -0.39 is 5.82 Å². The van der Waals surface area contributed by atoms with Crippen LogP contribution in [0.1, 0.15) is 23.6 Å². The van der Waals surface area contributed by atoms with Gasteiger partial charge in [0.15, 0.2) is 0 Å². The molecule has 3 heterocycles. The topological polar surface area (TPSA) is 80.0 Å². The molecule has 3 aliphatic rings. The number of carbonyl (C=O) groups excluding carboxylic acids is 2. The van der Waals surface area contributed by atoms with Gasteiger partial charge in [0.25, 0.3) is 0 Å². The second kappa shape index (κ2) is 8.25. The Morgan fingerprint density at radius 2 is 1.78 bits per heavy atom. The summed E-state index contributed by atoms with van der Waals surface area (Å²) in [6.45, 7) is 3.72. The third kappa shape index (κ3) is 3.67. The number of rotatable bonds is 3. The largest absolute Gasteiger partial charge is 0.310 e. The number of halogens is 1. The van der Waals surface area contributed by atoms with E-state index in [1.165, 1.54) is 11.1 Å². The molecule has 3 atom stereocenters. The van der Waals surface area contributed by atoms with Gasteiger partial charge >= 0.3 is 0 Å². The van der Waals surface area contributed by atoms with Crippen molar-refractivity contribution in [1.82, 2.24) is 21.2 Å². The number of para-hydroxylation sites is 1. The van der Waals surface area contributed by atoms with Gasteiger partial charge in [-0.1, -0.05) is 24.3 Å². The fourth-order valence-corrected chi connectivity index (χ4v) is 4.76. The van der Waals surface area contributed by atoms with Crippen LogP contribution in [-0.4, -0.2) is 55.5 Å². The van der Waals surface area contributed by atoms with Crippen molar-refractivity contribution in [2.75, 3.05) is 36.6 Å². The quantitative estimate of drug-likeness (QED) is 0.669. The number of carbonyl (C=O) groups is 2. The smallest absolute Gasteiger partial charge is 0.243 e. The van der Waals surface area contributed by atoms with Crippen LogP contribution in [-0.2, 0) is 9.59 Å². The fourth-order valence-electron chi connectivity index (χ4n) is 4.76. The van der Waals surface area contributed by atoms with Crippen LogP contribution >= 0.6 is 0 Å². The van der Waals surface area contributed by atoms with Gasteiger partial charge < -0.3 is 4.90 Å². The van der Waals surface area contributed by atoms with E-state index in [1.807, 2.05) is 41.1 Å². The normalized spacial score (nSPS) is 26.5. The van der Waals surface area contributed by atoms with Crippen LogP contribution < -0.4 is 26.2 Å². The van der Waals surface area contributed by atoms with Gasteiger partial charge in [0.05, 0.1) is 24.3 Å². The molecule has 0 aromatic heterocycles. The van der Waals surface area contributed by atoms with E-state index in [0.29, 0.717) is 18.7 Å². The summed E-state index contributed by atoms with van der Waals surface area (Å²) in [4.78, 5) is 28.9. The van der Waals surface area contributed by atoms with Gasteiger partial charge in [0, 0.05) is 31.2 Å². The van der Waals surface area contributed by atoms with E-state index in [1.54, 1.807) is 19.1 Å². The third-order valence-electron chi connectivity index (χ3n) is 6.53. The Labute approximate surface area is 186 Å². The zero-order chi connectivity index (χ0) is 22.4. The summed E-state index contributed by atoms with van der Waals surface area (Å²) in [7, 11) is 1.95. The van der Waals surface area contributed by atoms with Gasteiger partial charge in [-0.15, -0.1) is 0 Å². The molecule has 3 unspecified atom stereocenters. The van der Waals surface area contributed by atoms with Crippen LogP contribution in [0.25, 0.3) is 0 Å². The van der Waals surface area contributed by atoms with Crippen molar-refractivity contribution in [3.63, 3.8) is 0 Å². The Balaban J connectivity index is 1.36. The Bertz CT molecular complexity index is 1030. The minimum Gasteiger partial charge on any atom is -0.310 e. The van der Waals surface area contributed by atoms with Gasteiger partial charge in [-0.3, -0.25) is 19.9 Å². The number of piperazine rings is 1. The van der Waals surface area contributed by atoms with Crippen LogP contribution in [0.15, 0.2) is 42.5 Å². The lowest BCUT2D eigenvalue weighted by molar-refractivity contribution is -0.122. The standard InChI is InChI=1S/C23H27FN6O2/c1-14-4-3-5-17(24)23(14)30-19(31)12-18-22(27-30)21(26-25-18)15-6-8-16(9-7-15)29-11-10-28(2)13-20(29)32/h3-9,18,21-22,25-27H,10-13H2,1-2H3. The number of hydrogen-bond acceptors (Lipinski definition) is 6. The summed E-state index contributed by atoms with van der Waals surface area (Å²) in [5.41, 5.74) is 12.6. The monoisotopic (exact) mass is 438 g/mol. The summed E-state index contributed by atoms with van der Waals surface area (Å²) in [6, 6.07) is 12.3. The number of likely N-dealkylation sites (N-methyl/N-ethyl adjacent to an activating group) is 1. The predicted molar refractivity (Wildman–Crippen MR) is 119 cm³/mol. The molecule has 8 nitrogen and oxygen atoms in total.